The molecule has 174 valence electrons. The summed E-state index contributed by atoms with van der Waals surface area (Å²) in [4.78, 5) is 12.6. The Balaban J connectivity index is 1.85. The molecule has 0 aliphatic heterocycles. The zero-order valence-corrected chi connectivity index (χ0v) is 18.8. The Bertz CT molecular complexity index is 1200. The number of carbonyl (C=O) groups is 1. The molecule has 33 heavy (non-hydrogen) atoms. The molecule has 3 aromatic carbocycles. The summed E-state index contributed by atoms with van der Waals surface area (Å²) in [5.41, 5.74) is -0.617. The maximum atomic E-state index is 13.2. The number of nitrogens with one attached hydrogen (secondary N) is 1. The van der Waals surface area contributed by atoms with Gasteiger partial charge in [-0.25, -0.2) is 8.42 Å². The van der Waals surface area contributed by atoms with Crippen LogP contribution in [0.2, 0.25) is 5.02 Å². The van der Waals surface area contributed by atoms with Gasteiger partial charge in [0.1, 0.15) is 0 Å². The molecule has 0 aromatic heterocycles. The zero-order valence-electron chi connectivity index (χ0n) is 17.2. The van der Waals surface area contributed by atoms with Gasteiger partial charge in [-0.3, -0.25) is 4.79 Å². The van der Waals surface area contributed by atoms with Crippen LogP contribution in [0.5, 0.6) is 0 Å². The molecule has 0 unspecified atom stereocenters. The third-order valence-corrected chi connectivity index (χ3v) is 6.88. The smallest absolute Gasteiger partial charge is 0.324 e. The lowest BCUT2D eigenvalue weighted by Gasteiger charge is -2.22. The molecule has 0 atom stereocenters. The van der Waals surface area contributed by atoms with Crippen molar-refractivity contribution in [3.8, 4) is 0 Å². The van der Waals surface area contributed by atoms with Gasteiger partial charge in [0.05, 0.1) is 22.7 Å². The van der Waals surface area contributed by atoms with Crippen molar-refractivity contribution in [2.75, 3.05) is 18.4 Å². The first-order valence-electron chi connectivity index (χ1n) is 9.83. The average Bonchev–Trinajstić information content (AvgIpc) is 2.77. The quantitative estimate of drug-likeness (QED) is 0.464. The number of rotatable bonds is 8. The van der Waals surface area contributed by atoms with Gasteiger partial charge in [-0.1, -0.05) is 54.1 Å². The molecule has 0 saturated carbocycles. The molecule has 1 N–H and O–H groups in total. The molecule has 0 radical (unpaired) electrons. The first-order chi connectivity index (χ1) is 15.6. The molecule has 0 bridgehead atoms. The third kappa shape index (κ3) is 6.56. The maximum Gasteiger partial charge on any atom is 0.418 e. The Kier molecular flexibility index (Phi) is 7.78. The van der Waals surface area contributed by atoms with Crippen LogP contribution in [0.15, 0.2) is 83.8 Å². The summed E-state index contributed by atoms with van der Waals surface area (Å²) in [6.45, 7) is -0.715. The van der Waals surface area contributed by atoms with Crippen molar-refractivity contribution in [2.45, 2.75) is 17.5 Å². The van der Waals surface area contributed by atoms with Crippen molar-refractivity contribution in [2.24, 2.45) is 0 Å². The van der Waals surface area contributed by atoms with Gasteiger partial charge in [0.15, 0.2) is 0 Å². The van der Waals surface area contributed by atoms with E-state index in [9.17, 15) is 26.4 Å². The minimum absolute atomic E-state index is 0.0523. The van der Waals surface area contributed by atoms with Crippen molar-refractivity contribution in [1.82, 2.24) is 4.31 Å². The molecule has 0 heterocycles. The molecule has 10 heteroatoms. The zero-order chi connectivity index (χ0) is 24.1. The lowest BCUT2D eigenvalue weighted by molar-refractivity contribution is -0.137. The molecular weight excluding hydrogens is 477 g/mol. The Labute approximate surface area is 194 Å². The van der Waals surface area contributed by atoms with Crippen LogP contribution in [-0.4, -0.2) is 31.7 Å². The van der Waals surface area contributed by atoms with E-state index in [2.05, 4.69) is 5.32 Å². The summed E-state index contributed by atoms with van der Waals surface area (Å²) in [5, 5.41) is 2.53. The van der Waals surface area contributed by atoms with Gasteiger partial charge >= 0.3 is 6.18 Å². The Morgan fingerprint density at radius 1 is 0.909 bits per heavy atom. The fraction of sp³-hybridized carbons (Fsp3) is 0.174. The minimum Gasteiger partial charge on any atom is -0.324 e. The number of nitrogens with zero attached hydrogens (tertiary/aromatic N) is 1. The van der Waals surface area contributed by atoms with Gasteiger partial charge in [0, 0.05) is 11.6 Å². The molecule has 0 spiro atoms. The normalized spacial score (nSPS) is 12.0. The van der Waals surface area contributed by atoms with Crippen molar-refractivity contribution in [1.29, 1.82) is 0 Å². The van der Waals surface area contributed by atoms with E-state index in [1.807, 2.05) is 18.2 Å². The van der Waals surface area contributed by atoms with Gasteiger partial charge in [-0.05, 0) is 48.4 Å². The lowest BCUT2D eigenvalue weighted by Crippen LogP contribution is -2.39. The van der Waals surface area contributed by atoms with E-state index in [1.165, 1.54) is 36.4 Å². The Hall–Kier alpha value is -2.88. The first-order valence-corrected chi connectivity index (χ1v) is 11.6. The second kappa shape index (κ2) is 10.4. The molecule has 3 aromatic rings. The van der Waals surface area contributed by atoms with Crippen molar-refractivity contribution >= 4 is 33.2 Å². The fourth-order valence-electron chi connectivity index (χ4n) is 3.13. The van der Waals surface area contributed by atoms with Crippen molar-refractivity contribution in [3.63, 3.8) is 0 Å². The van der Waals surface area contributed by atoms with Crippen LogP contribution in [0.3, 0.4) is 0 Å². The predicted octanol–water partition coefficient (Wildman–Crippen LogP) is 5.23. The standard InChI is InChI=1S/C23H20ClF3N2O3S/c24-18-10-12-19(13-11-18)33(31,32)29(15-14-17-6-2-1-3-7-17)16-22(30)28-21-9-5-4-8-20(21)23(25,26)27/h1-13H,14-16H2,(H,28,30). The van der Waals surface area contributed by atoms with Crippen LogP contribution in [0, 0.1) is 0 Å². The highest BCUT2D eigenvalue weighted by Gasteiger charge is 2.34. The number of alkyl halides is 3. The number of carbonyl (C=O) groups excluding carboxylic acids is 1. The molecule has 0 saturated heterocycles. The van der Waals surface area contributed by atoms with E-state index in [4.69, 9.17) is 11.6 Å². The molecular formula is C23H20ClF3N2O3S. The number of sulfonamides is 1. The molecule has 3 rings (SSSR count). The third-order valence-electron chi connectivity index (χ3n) is 4.77. The Morgan fingerprint density at radius 3 is 2.15 bits per heavy atom. The monoisotopic (exact) mass is 496 g/mol. The number of anilines is 1. The maximum absolute atomic E-state index is 13.2. The summed E-state index contributed by atoms with van der Waals surface area (Å²) < 4.78 is 67.1. The van der Waals surface area contributed by atoms with Crippen LogP contribution in [0.1, 0.15) is 11.1 Å². The van der Waals surface area contributed by atoms with Crippen LogP contribution in [0.4, 0.5) is 18.9 Å². The van der Waals surface area contributed by atoms with E-state index in [0.717, 1.165) is 22.0 Å². The molecule has 1 amide bonds. The highest BCUT2D eigenvalue weighted by molar-refractivity contribution is 7.89. The predicted molar refractivity (Wildman–Crippen MR) is 120 cm³/mol. The highest BCUT2D eigenvalue weighted by atomic mass is 35.5. The number of hydrogen-bond acceptors (Lipinski definition) is 3. The number of hydrogen-bond donors (Lipinski definition) is 1. The summed E-state index contributed by atoms with van der Waals surface area (Å²) >= 11 is 5.84. The van der Waals surface area contributed by atoms with E-state index in [1.54, 1.807) is 12.1 Å². The van der Waals surface area contributed by atoms with E-state index in [-0.39, 0.29) is 11.4 Å². The number of amides is 1. The van der Waals surface area contributed by atoms with E-state index < -0.39 is 39.9 Å². The second-order valence-electron chi connectivity index (χ2n) is 7.12. The van der Waals surface area contributed by atoms with E-state index >= 15 is 0 Å². The van der Waals surface area contributed by atoms with Gasteiger partial charge in [0.2, 0.25) is 15.9 Å². The van der Waals surface area contributed by atoms with Crippen LogP contribution < -0.4 is 5.32 Å². The summed E-state index contributed by atoms with van der Waals surface area (Å²) in [7, 11) is -4.12. The first kappa shape index (κ1) is 24.8. The van der Waals surface area contributed by atoms with Crippen molar-refractivity contribution in [3.05, 3.63) is 95.0 Å². The topological polar surface area (TPSA) is 66.5 Å². The van der Waals surface area contributed by atoms with Crippen LogP contribution in [-0.2, 0) is 27.4 Å². The minimum atomic E-state index is -4.67. The summed E-state index contributed by atoms with van der Waals surface area (Å²) in [6.07, 6.45) is -4.37. The molecule has 0 fully saturated rings. The number of benzene rings is 3. The second-order valence-corrected chi connectivity index (χ2v) is 9.49. The van der Waals surface area contributed by atoms with Crippen LogP contribution in [0.25, 0.3) is 0 Å². The number of halogens is 4. The molecule has 5 nitrogen and oxygen atoms in total. The average molecular weight is 497 g/mol. The van der Waals surface area contributed by atoms with Gasteiger partial charge in [-0.15, -0.1) is 0 Å². The van der Waals surface area contributed by atoms with Crippen molar-refractivity contribution < 1.29 is 26.4 Å². The van der Waals surface area contributed by atoms with E-state index in [0.29, 0.717) is 11.4 Å². The lowest BCUT2D eigenvalue weighted by atomic mass is 10.1. The highest BCUT2D eigenvalue weighted by Crippen LogP contribution is 2.34. The Morgan fingerprint density at radius 2 is 1.52 bits per heavy atom. The van der Waals surface area contributed by atoms with Gasteiger partial charge in [-0.2, -0.15) is 17.5 Å². The fourth-order valence-corrected chi connectivity index (χ4v) is 4.65. The van der Waals surface area contributed by atoms with Gasteiger partial charge < -0.3 is 5.32 Å². The summed E-state index contributed by atoms with van der Waals surface area (Å²) in [6, 6.07) is 19.0. The summed E-state index contributed by atoms with van der Waals surface area (Å²) in [5.74, 6) is -0.891. The van der Waals surface area contributed by atoms with Crippen LogP contribution >= 0.6 is 11.6 Å². The molecule has 0 aliphatic carbocycles. The largest absolute Gasteiger partial charge is 0.418 e. The molecule has 0 aliphatic rings. The SMILES string of the molecule is O=C(CN(CCc1ccccc1)S(=O)(=O)c1ccc(Cl)cc1)Nc1ccccc1C(F)(F)F. The van der Waals surface area contributed by atoms with Gasteiger partial charge in [0.25, 0.3) is 0 Å². The number of para-hydroxylation sites is 1.